The lowest BCUT2D eigenvalue weighted by Crippen LogP contribution is -1.86. The van der Waals surface area contributed by atoms with Gasteiger partial charge in [0.25, 0.3) is 0 Å². The Morgan fingerprint density at radius 1 is 0.619 bits per heavy atom. The monoisotopic (exact) mass is 294 g/mol. The van der Waals surface area contributed by atoms with E-state index in [4.69, 9.17) is 0 Å². The first-order chi connectivity index (χ1) is 9.88. The highest BCUT2D eigenvalue weighted by Gasteiger charge is 2.06. The van der Waals surface area contributed by atoms with E-state index >= 15 is 0 Å². The summed E-state index contributed by atoms with van der Waals surface area (Å²) >= 11 is 0. The smallest absolute Gasteiger partial charge is 0.150 e. The van der Waals surface area contributed by atoms with Gasteiger partial charge in [0.2, 0.25) is 0 Å². The van der Waals surface area contributed by atoms with Crippen LogP contribution in [0.5, 0.6) is 0 Å². The van der Waals surface area contributed by atoms with Gasteiger partial charge in [0.15, 0.2) is 0 Å². The summed E-state index contributed by atoms with van der Waals surface area (Å²) in [6.45, 7) is 0. The predicted octanol–water partition coefficient (Wildman–Crippen LogP) is 5.25. The van der Waals surface area contributed by atoms with E-state index in [9.17, 15) is 4.79 Å². The van der Waals surface area contributed by atoms with Gasteiger partial charge in [0.05, 0.1) is 0 Å². The molecule has 0 aliphatic heterocycles. The Morgan fingerprint density at radius 3 is 1.86 bits per heavy atom. The van der Waals surface area contributed by atoms with Gasteiger partial charge >= 0.3 is 0 Å². The van der Waals surface area contributed by atoms with Crippen molar-refractivity contribution in [3.63, 3.8) is 0 Å². The molecule has 3 aromatic rings. The van der Waals surface area contributed by atoms with Crippen LogP contribution < -0.4 is 0 Å². The van der Waals surface area contributed by atoms with Gasteiger partial charge in [-0.15, -0.1) is 12.4 Å². The van der Waals surface area contributed by atoms with E-state index < -0.39 is 0 Å². The lowest BCUT2D eigenvalue weighted by atomic mass is 9.94. The fourth-order valence-corrected chi connectivity index (χ4v) is 2.38. The molecule has 0 saturated carbocycles. The largest absolute Gasteiger partial charge is 0.298 e. The van der Waals surface area contributed by atoms with Crippen molar-refractivity contribution < 1.29 is 4.79 Å². The molecule has 0 saturated heterocycles. The standard InChI is InChI=1S/C19H14O.ClH/c20-14-15-7-6-10-17(13-15)19-12-5-4-11-18(19)16-8-2-1-3-9-16;/h1-14H;1H. The predicted molar refractivity (Wildman–Crippen MR) is 89.9 cm³/mol. The van der Waals surface area contributed by atoms with Crippen molar-refractivity contribution >= 4 is 18.7 Å². The van der Waals surface area contributed by atoms with Crippen LogP contribution in [0.4, 0.5) is 0 Å². The highest BCUT2D eigenvalue weighted by atomic mass is 35.5. The molecule has 0 spiro atoms. The zero-order chi connectivity index (χ0) is 13.8. The molecule has 0 amide bonds. The van der Waals surface area contributed by atoms with Gasteiger partial charge in [0, 0.05) is 5.56 Å². The summed E-state index contributed by atoms with van der Waals surface area (Å²) < 4.78 is 0. The Kier molecular flexibility index (Phi) is 4.91. The summed E-state index contributed by atoms with van der Waals surface area (Å²) in [6, 6.07) is 26.2. The number of rotatable bonds is 3. The molecular formula is C19H15ClO. The Balaban J connectivity index is 0.00000161. The van der Waals surface area contributed by atoms with E-state index in [-0.39, 0.29) is 12.4 Å². The summed E-state index contributed by atoms with van der Waals surface area (Å²) in [5.41, 5.74) is 5.26. The van der Waals surface area contributed by atoms with E-state index in [0.717, 1.165) is 17.4 Å². The zero-order valence-electron chi connectivity index (χ0n) is 11.4. The van der Waals surface area contributed by atoms with Crippen LogP contribution in [0.3, 0.4) is 0 Å². The highest BCUT2D eigenvalue weighted by Crippen LogP contribution is 2.31. The average molecular weight is 295 g/mol. The molecule has 0 atom stereocenters. The van der Waals surface area contributed by atoms with Crippen molar-refractivity contribution in [3.05, 3.63) is 84.4 Å². The summed E-state index contributed by atoms with van der Waals surface area (Å²) in [5.74, 6) is 0. The van der Waals surface area contributed by atoms with Gasteiger partial charge in [-0.1, -0.05) is 72.8 Å². The van der Waals surface area contributed by atoms with Crippen molar-refractivity contribution in [1.29, 1.82) is 0 Å². The van der Waals surface area contributed by atoms with Crippen LogP contribution >= 0.6 is 12.4 Å². The number of hydrogen-bond acceptors (Lipinski definition) is 1. The first kappa shape index (κ1) is 15.0. The van der Waals surface area contributed by atoms with E-state index in [0.29, 0.717) is 5.56 Å². The second-order valence-electron chi connectivity index (χ2n) is 4.65. The zero-order valence-corrected chi connectivity index (χ0v) is 12.2. The maximum absolute atomic E-state index is 10.9. The van der Waals surface area contributed by atoms with Gasteiger partial charge in [-0.2, -0.15) is 0 Å². The molecule has 3 aromatic carbocycles. The topological polar surface area (TPSA) is 17.1 Å². The molecule has 0 bridgehead atoms. The van der Waals surface area contributed by atoms with Crippen molar-refractivity contribution in [1.82, 2.24) is 0 Å². The molecule has 1 nitrogen and oxygen atoms in total. The van der Waals surface area contributed by atoms with Gasteiger partial charge in [-0.25, -0.2) is 0 Å². The third kappa shape index (κ3) is 3.21. The number of halogens is 1. The van der Waals surface area contributed by atoms with Crippen molar-refractivity contribution in [3.8, 4) is 22.3 Å². The van der Waals surface area contributed by atoms with Gasteiger partial charge < -0.3 is 0 Å². The van der Waals surface area contributed by atoms with Crippen molar-refractivity contribution in [2.75, 3.05) is 0 Å². The van der Waals surface area contributed by atoms with Crippen LogP contribution in [-0.4, -0.2) is 6.29 Å². The Hall–Kier alpha value is -2.38. The third-order valence-corrected chi connectivity index (χ3v) is 3.35. The Labute approximate surface area is 130 Å². The molecular weight excluding hydrogens is 280 g/mol. The second kappa shape index (κ2) is 6.87. The second-order valence-corrected chi connectivity index (χ2v) is 4.65. The van der Waals surface area contributed by atoms with E-state index in [1.54, 1.807) is 0 Å². The summed E-state index contributed by atoms with van der Waals surface area (Å²) in [7, 11) is 0. The summed E-state index contributed by atoms with van der Waals surface area (Å²) in [6.07, 6.45) is 0.884. The van der Waals surface area contributed by atoms with E-state index in [1.165, 1.54) is 11.1 Å². The molecule has 2 heteroatoms. The molecule has 0 aromatic heterocycles. The molecule has 104 valence electrons. The normalized spacial score (nSPS) is 9.71. The minimum absolute atomic E-state index is 0. The fourth-order valence-electron chi connectivity index (χ4n) is 2.38. The minimum atomic E-state index is 0. The molecule has 3 rings (SSSR count). The molecule has 0 N–H and O–H groups in total. The maximum atomic E-state index is 10.9. The molecule has 21 heavy (non-hydrogen) atoms. The van der Waals surface area contributed by atoms with E-state index in [2.05, 4.69) is 24.3 Å². The summed E-state index contributed by atoms with van der Waals surface area (Å²) in [5, 5.41) is 0. The number of carbonyl (C=O) groups excluding carboxylic acids is 1. The van der Waals surface area contributed by atoms with Crippen LogP contribution in [0.2, 0.25) is 0 Å². The van der Waals surface area contributed by atoms with Crippen LogP contribution in [0.25, 0.3) is 22.3 Å². The molecule has 0 aliphatic rings. The van der Waals surface area contributed by atoms with Gasteiger partial charge in [-0.05, 0) is 28.3 Å². The first-order valence-corrected chi connectivity index (χ1v) is 6.58. The fraction of sp³-hybridized carbons (Fsp3) is 0. The number of hydrogen-bond donors (Lipinski definition) is 0. The molecule has 0 radical (unpaired) electrons. The number of aldehydes is 1. The number of carbonyl (C=O) groups is 1. The lowest BCUT2D eigenvalue weighted by molar-refractivity contribution is 0.112. The Morgan fingerprint density at radius 2 is 1.19 bits per heavy atom. The maximum Gasteiger partial charge on any atom is 0.150 e. The molecule has 0 heterocycles. The van der Waals surface area contributed by atoms with Crippen LogP contribution in [0.1, 0.15) is 10.4 Å². The third-order valence-electron chi connectivity index (χ3n) is 3.35. The van der Waals surface area contributed by atoms with Crippen molar-refractivity contribution in [2.45, 2.75) is 0 Å². The highest BCUT2D eigenvalue weighted by molar-refractivity contribution is 5.86. The lowest BCUT2D eigenvalue weighted by Gasteiger charge is -2.10. The van der Waals surface area contributed by atoms with Crippen LogP contribution in [0, 0.1) is 0 Å². The van der Waals surface area contributed by atoms with Crippen LogP contribution in [0.15, 0.2) is 78.9 Å². The average Bonchev–Trinajstić information content (AvgIpc) is 2.56. The number of benzene rings is 3. The molecule has 0 unspecified atom stereocenters. The quantitative estimate of drug-likeness (QED) is 0.603. The molecule has 0 fully saturated rings. The van der Waals surface area contributed by atoms with Gasteiger partial charge in [0.1, 0.15) is 6.29 Å². The van der Waals surface area contributed by atoms with Crippen molar-refractivity contribution in [2.24, 2.45) is 0 Å². The minimum Gasteiger partial charge on any atom is -0.298 e. The summed E-state index contributed by atoms with van der Waals surface area (Å²) in [4.78, 5) is 10.9. The Bertz CT molecular complexity index is 735. The van der Waals surface area contributed by atoms with Gasteiger partial charge in [-0.3, -0.25) is 4.79 Å². The molecule has 0 aliphatic carbocycles. The first-order valence-electron chi connectivity index (χ1n) is 6.58. The van der Waals surface area contributed by atoms with E-state index in [1.807, 2.05) is 54.6 Å². The van der Waals surface area contributed by atoms with Crippen LogP contribution in [-0.2, 0) is 0 Å². The SMILES string of the molecule is Cl.O=Cc1cccc(-c2ccccc2-c2ccccc2)c1.